The van der Waals surface area contributed by atoms with Gasteiger partial charge in [0.15, 0.2) is 17.3 Å². The molecule has 0 bridgehead atoms. The van der Waals surface area contributed by atoms with E-state index < -0.39 is 17.5 Å². The number of Topliss-reactive ketones (excluding diaryl/α,β-unsaturated/α-hetero) is 1. The number of aliphatic hydroxyl groups excluding tert-OH is 1. The Hall–Kier alpha value is -2.86. The van der Waals surface area contributed by atoms with Gasteiger partial charge in [-0.1, -0.05) is 29.8 Å². The first-order valence-electron chi connectivity index (χ1n) is 11.1. The maximum Gasteiger partial charge on any atom is 0.310 e. The molecule has 1 aliphatic rings. The second-order valence-corrected chi connectivity index (χ2v) is 8.72. The molecule has 2 N–H and O–H groups in total. The van der Waals surface area contributed by atoms with Crippen LogP contribution in [0.2, 0.25) is 0 Å². The predicted molar refractivity (Wildman–Crippen MR) is 121 cm³/mol. The van der Waals surface area contributed by atoms with E-state index in [9.17, 15) is 19.8 Å². The lowest BCUT2D eigenvalue weighted by molar-refractivity contribution is -0.149. The van der Waals surface area contributed by atoms with Crippen LogP contribution in [-0.4, -0.2) is 41.8 Å². The van der Waals surface area contributed by atoms with E-state index in [1.54, 1.807) is 25.3 Å². The maximum absolute atomic E-state index is 13.1. The fourth-order valence-corrected chi connectivity index (χ4v) is 4.37. The summed E-state index contributed by atoms with van der Waals surface area (Å²) in [5, 5.41) is 19.8. The predicted octanol–water partition coefficient (Wildman–Crippen LogP) is 4.59. The summed E-state index contributed by atoms with van der Waals surface area (Å²) < 4.78 is 11.3. The number of carboxylic acids is 1. The summed E-state index contributed by atoms with van der Waals surface area (Å²) in [5.74, 6) is -0.221. The molecule has 0 radical (unpaired) electrons. The highest BCUT2D eigenvalue weighted by Crippen LogP contribution is 2.40. The van der Waals surface area contributed by atoms with Crippen LogP contribution in [0.4, 0.5) is 0 Å². The molecule has 1 saturated carbocycles. The summed E-state index contributed by atoms with van der Waals surface area (Å²) in [6, 6.07) is 13.2. The number of benzene rings is 2. The van der Waals surface area contributed by atoms with Crippen LogP contribution in [-0.2, 0) is 11.2 Å². The van der Waals surface area contributed by atoms with Crippen molar-refractivity contribution in [2.75, 3.05) is 13.7 Å². The van der Waals surface area contributed by atoms with Gasteiger partial charge in [-0.05, 0) is 62.8 Å². The Morgan fingerprint density at radius 3 is 2.62 bits per heavy atom. The molecule has 0 heterocycles. The van der Waals surface area contributed by atoms with Crippen LogP contribution >= 0.6 is 0 Å². The number of aliphatic hydroxyl groups is 1. The Labute approximate surface area is 189 Å². The summed E-state index contributed by atoms with van der Waals surface area (Å²) >= 11 is 0. The molecule has 172 valence electrons. The van der Waals surface area contributed by atoms with E-state index in [2.05, 4.69) is 6.07 Å². The number of aryl methyl sites for hydroxylation is 1. The summed E-state index contributed by atoms with van der Waals surface area (Å²) in [7, 11) is 1.54. The number of rotatable bonds is 9. The first-order chi connectivity index (χ1) is 15.3. The van der Waals surface area contributed by atoms with Crippen LogP contribution in [0, 0.1) is 12.3 Å². The van der Waals surface area contributed by atoms with Gasteiger partial charge in [-0.15, -0.1) is 0 Å². The molecule has 2 unspecified atom stereocenters. The highest BCUT2D eigenvalue weighted by atomic mass is 16.5. The molecule has 2 aromatic carbocycles. The normalized spacial score (nSPS) is 20.9. The van der Waals surface area contributed by atoms with E-state index in [0.29, 0.717) is 62.2 Å². The molecule has 0 aromatic heterocycles. The van der Waals surface area contributed by atoms with Gasteiger partial charge >= 0.3 is 5.97 Å². The monoisotopic (exact) mass is 440 g/mol. The van der Waals surface area contributed by atoms with Crippen LogP contribution in [0.25, 0.3) is 0 Å². The fourth-order valence-electron chi connectivity index (χ4n) is 4.37. The standard InChI is InChI=1S/C26H32O6/c1-18-5-3-6-19(15-18)11-14-32-24-16-20(8-9-23(24)31-2)22(28)17-26(25(29)30)12-4-7-21(27)10-13-26/h3,5-6,8-9,15-16,21,27H,4,7,10-14,17H2,1-2H3,(H,29,30). The van der Waals surface area contributed by atoms with E-state index >= 15 is 0 Å². The van der Waals surface area contributed by atoms with Crippen LogP contribution in [0.5, 0.6) is 11.5 Å². The van der Waals surface area contributed by atoms with Gasteiger partial charge in [0.25, 0.3) is 0 Å². The van der Waals surface area contributed by atoms with Crippen molar-refractivity contribution in [3.8, 4) is 11.5 Å². The zero-order chi connectivity index (χ0) is 23.1. The summed E-state index contributed by atoms with van der Waals surface area (Å²) in [4.78, 5) is 25.2. The second kappa shape index (κ2) is 10.6. The van der Waals surface area contributed by atoms with Gasteiger partial charge in [-0.2, -0.15) is 0 Å². The molecule has 32 heavy (non-hydrogen) atoms. The van der Waals surface area contributed by atoms with E-state index in [0.717, 1.165) is 5.56 Å². The Kier molecular flexibility index (Phi) is 7.91. The maximum atomic E-state index is 13.1. The van der Waals surface area contributed by atoms with Crippen molar-refractivity contribution in [3.05, 3.63) is 59.2 Å². The zero-order valence-corrected chi connectivity index (χ0v) is 18.8. The number of ether oxygens (including phenoxy) is 2. The first kappa shape index (κ1) is 23.8. The molecular formula is C26H32O6. The van der Waals surface area contributed by atoms with E-state index in [1.165, 1.54) is 5.56 Å². The third kappa shape index (κ3) is 5.88. The second-order valence-electron chi connectivity index (χ2n) is 8.72. The highest BCUT2D eigenvalue weighted by Gasteiger charge is 2.42. The number of hydrogen-bond acceptors (Lipinski definition) is 5. The molecule has 1 fully saturated rings. The fraction of sp³-hybridized carbons (Fsp3) is 0.462. The number of carboxylic acid groups (broad SMARTS) is 1. The van der Waals surface area contributed by atoms with Crippen LogP contribution < -0.4 is 9.47 Å². The number of carbonyl (C=O) groups is 2. The average Bonchev–Trinajstić information content (AvgIpc) is 2.96. The Bertz CT molecular complexity index is 953. The quantitative estimate of drug-likeness (QED) is 0.437. The van der Waals surface area contributed by atoms with Gasteiger partial charge in [-0.25, -0.2) is 0 Å². The van der Waals surface area contributed by atoms with Crippen molar-refractivity contribution >= 4 is 11.8 Å². The summed E-state index contributed by atoms with van der Waals surface area (Å²) in [5.41, 5.74) is 1.61. The minimum Gasteiger partial charge on any atom is -0.493 e. The number of aliphatic carboxylic acids is 1. The van der Waals surface area contributed by atoms with Crippen molar-refractivity contribution in [1.82, 2.24) is 0 Å². The number of hydrogen-bond donors (Lipinski definition) is 2. The topological polar surface area (TPSA) is 93.1 Å². The highest BCUT2D eigenvalue weighted by molar-refractivity contribution is 5.99. The molecule has 6 nitrogen and oxygen atoms in total. The number of ketones is 1. The first-order valence-corrected chi connectivity index (χ1v) is 11.1. The van der Waals surface area contributed by atoms with Gasteiger partial charge in [0.1, 0.15) is 0 Å². The molecule has 2 atom stereocenters. The van der Waals surface area contributed by atoms with Crippen LogP contribution in [0.1, 0.15) is 60.0 Å². The Balaban J connectivity index is 1.72. The molecule has 1 aliphatic carbocycles. The van der Waals surface area contributed by atoms with Crippen LogP contribution in [0.3, 0.4) is 0 Å². The average molecular weight is 441 g/mol. The van der Waals surface area contributed by atoms with Gasteiger partial charge in [0.05, 0.1) is 25.2 Å². The third-order valence-electron chi connectivity index (χ3n) is 6.32. The number of methoxy groups -OCH3 is 1. The van der Waals surface area contributed by atoms with E-state index in [4.69, 9.17) is 9.47 Å². The molecule has 0 saturated heterocycles. The van der Waals surface area contributed by atoms with Gasteiger partial charge in [-0.3, -0.25) is 9.59 Å². The van der Waals surface area contributed by atoms with Gasteiger partial charge in [0, 0.05) is 18.4 Å². The lowest BCUT2D eigenvalue weighted by atomic mass is 9.75. The molecular weight excluding hydrogens is 408 g/mol. The minimum absolute atomic E-state index is 0.0931. The SMILES string of the molecule is COc1ccc(C(=O)CC2(C(=O)O)CCCC(O)CC2)cc1OCCc1cccc(C)c1. The van der Waals surface area contributed by atoms with Gasteiger partial charge < -0.3 is 19.7 Å². The molecule has 0 amide bonds. The molecule has 0 aliphatic heterocycles. The van der Waals surface area contributed by atoms with Crippen molar-refractivity contribution < 1.29 is 29.3 Å². The smallest absolute Gasteiger partial charge is 0.310 e. The summed E-state index contributed by atoms with van der Waals surface area (Å²) in [6.07, 6.45) is 2.38. The lowest BCUT2D eigenvalue weighted by Crippen LogP contribution is -2.33. The van der Waals surface area contributed by atoms with Crippen molar-refractivity contribution in [3.63, 3.8) is 0 Å². The largest absolute Gasteiger partial charge is 0.493 e. The summed E-state index contributed by atoms with van der Waals surface area (Å²) in [6.45, 7) is 2.47. The molecule has 0 spiro atoms. The van der Waals surface area contributed by atoms with Crippen molar-refractivity contribution in [1.29, 1.82) is 0 Å². The molecule has 6 heteroatoms. The van der Waals surface area contributed by atoms with Gasteiger partial charge in [0.2, 0.25) is 0 Å². The zero-order valence-electron chi connectivity index (χ0n) is 18.8. The lowest BCUT2D eigenvalue weighted by Gasteiger charge is -2.27. The van der Waals surface area contributed by atoms with E-state index in [-0.39, 0.29) is 12.2 Å². The minimum atomic E-state index is -1.14. The Morgan fingerprint density at radius 2 is 1.91 bits per heavy atom. The molecule has 3 rings (SSSR count). The Morgan fingerprint density at radius 1 is 1.09 bits per heavy atom. The van der Waals surface area contributed by atoms with Crippen LogP contribution in [0.15, 0.2) is 42.5 Å². The number of carbonyl (C=O) groups excluding carboxylic acids is 1. The van der Waals surface area contributed by atoms with Crippen molar-refractivity contribution in [2.45, 2.75) is 58.0 Å². The third-order valence-corrected chi connectivity index (χ3v) is 6.32. The molecule has 2 aromatic rings. The van der Waals surface area contributed by atoms with E-state index in [1.807, 2.05) is 25.1 Å². The van der Waals surface area contributed by atoms with Crippen molar-refractivity contribution in [2.24, 2.45) is 5.41 Å².